The van der Waals surface area contributed by atoms with E-state index in [4.69, 9.17) is 4.74 Å². The molecular weight excluding hydrogens is 767 g/mol. The molecule has 1 aliphatic carbocycles. The fraction of sp³-hybridized carbons (Fsp3) is 0.383. The van der Waals surface area contributed by atoms with E-state index in [1.165, 1.54) is 6.07 Å². The van der Waals surface area contributed by atoms with Crippen molar-refractivity contribution in [3.63, 3.8) is 0 Å². The first-order chi connectivity index (χ1) is 28.5. The minimum absolute atomic E-state index is 0.0215. The van der Waals surface area contributed by atoms with Crippen LogP contribution in [0.25, 0.3) is 11.1 Å². The van der Waals surface area contributed by atoms with Crippen molar-refractivity contribution < 1.29 is 37.1 Å². The van der Waals surface area contributed by atoms with Crippen molar-refractivity contribution in [2.75, 3.05) is 6.54 Å². The molecule has 4 aromatic rings. The Morgan fingerprint density at radius 3 is 1.92 bits per heavy atom. The Morgan fingerprint density at radius 1 is 0.746 bits per heavy atom. The normalized spacial score (nSPS) is 16.3. The SMILES string of the molecule is CC[C@@H](Cc1ccc(-c2ccccc2S(=O)(=O)NC(=O)CCC2CCCC2)cc1)C(=O)NC(OC(=O)[C@@H]1CCCN1)(C(=O)Cc1ccccc1)C(=O)Cc1ccccc1. The molecule has 2 atom stereocenters. The zero-order chi connectivity index (χ0) is 41.8. The van der Waals surface area contributed by atoms with Crippen molar-refractivity contribution in [3.8, 4) is 11.1 Å². The Morgan fingerprint density at radius 2 is 1.34 bits per heavy atom. The van der Waals surface area contributed by atoms with E-state index in [0.29, 0.717) is 60.4 Å². The number of hydrogen-bond donors (Lipinski definition) is 3. The molecule has 2 aliphatic rings. The van der Waals surface area contributed by atoms with Gasteiger partial charge in [0.25, 0.3) is 10.0 Å². The molecule has 6 rings (SSSR count). The third kappa shape index (κ3) is 11.2. The number of esters is 1. The Balaban J connectivity index is 1.23. The largest absolute Gasteiger partial charge is 0.422 e. The zero-order valence-electron chi connectivity index (χ0n) is 33.5. The van der Waals surface area contributed by atoms with Crippen LogP contribution in [0.3, 0.4) is 0 Å². The fourth-order valence-electron chi connectivity index (χ4n) is 7.99. The van der Waals surface area contributed by atoms with Crippen molar-refractivity contribution in [2.24, 2.45) is 11.8 Å². The Bertz CT molecular complexity index is 2150. The summed E-state index contributed by atoms with van der Waals surface area (Å²) in [6.07, 6.45) is 6.40. The average molecular weight is 820 g/mol. The second-order valence-electron chi connectivity index (χ2n) is 15.6. The summed E-state index contributed by atoms with van der Waals surface area (Å²) in [4.78, 5) is 69.6. The molecule has 1 saturated carbocycles. The highest BCUT2D eigenvalue weighted by Crippen LogP contribution is 2.31. The van der Waals surface area contributed by atoms with Crippen LogP contribution in [0.15, 0.2) is 114 Å². The quantitative estimate of drug-likeness (QED) is 0.0550. The molecule has 12 heteroatoms. The molecule has 1 aliphatic heterocycles. The summed E-state index contributed by atoms with van der Waals surface area (Å²) in [5.74, 6) is -3.76. The highest BCUT2D eigenvalue weighted by molar-refractivity contribution is 7.90. The van der Waals surface area contributed by atoms with Crippen LogP contribution in [-0.2, 0) is 58.0 Å². The summed E-state index contributed by atoms with van der Waals surface area (Å²) in [5.41, 5.74) is 0.318. The topological polar surface area (TPSA) is 165 Å². The van der Waals surface area contributed by atoms with Gasteiger partial charge in [0.1, 0.15) is 6.04 Å². The molecule has 0 bridgehead atoms. The number of Topliss-reactive ketones (excluding diaryl/α,β-unsaturated/α-hetero) is 2. The number of carbonyl (C=O) groups is 5. The summed E-state index contributed by atoms with van der Waals surface area (Å²) >= 11 is 0. The smallest absolute Gasteiger partial charge is 0.325 e. The van der Waals surface area contributed by atoms with Crippen molar-refractivity contribution >= 4 is 39.4 Å². The average Bonchev–Trinajstić information content (AvgIpc) is 3.99. The monoisotopic (exact) mass is 819 g/mol. The Hall–Kier alpha value is -5.46. The molecule has 3 N–H and O–H groups in total. The maximum absolute atomic E-state index is 14.4. The van der Waals surface area contributed by atoms with E-state index in [1.54, 1.807) is 103 Å². The number of nitrogens with one attached hydrogen (secondary N) is 3. The van der Waals surface area contributed by atoms with Crippen molar-refractivity contribution in [3.05, 3.63) is 126 Å². The molecule has 11 nitrogen and oxygen atoms in total. The Kier molecular flexibility index (Phi) is 14.6. The predicted molar refractivity (Wildman–Crippen MR) is 224 cm³/mol. The lowest BCUT2D eigenvalue weighted by atomic mass is 9.90. The van der Waals surface area contributed by atoms with Crippen LogP contribution in [0.1, 0.15) is 81.4 Å². The number of hydrogen-bond acceptors (Lipinski definition) is 9. The number of carbonyl (C=O) groups excluding carboxylic acids is 5. The predicted octanol–water partition coefficient (Wildman–Crippen LogP) is 6.43. The molecule has 4 aromatic carbocycles. The highest BCUT2D eigenvalue weighted by atomic mass is 32.2. The standard InChI is InChI=1S/C47H53N3O8S/c1-2-37(30-36-23-26-38(27-24-36)39-20-11-12-22-41(39)59(56,57)50-44(53)28-25-33-14-9-10-15-33)45(54)49-47(58-46(55)40-21-13-29-48-40,42(51)31-34-16-5-3-6-17-34)43(52)32-35-18-7-4-8-19-35/h3-8,11-12,16-20,22-24,26-27,33,37,40,48H,2,9-10,13-15,21,25,28-32H2,1H3,(H,49,54)(H,50,53)/t37-,40-/m0/s1. The van der Waals surface area contributed by atoms with E-state index in [0.717, 1.165) is 31.2 Å². The van der Waals surface area contributed by atoms with Gasteiger partial charge in [0.05, 0.1) is 4.90 Å². The van der Waals surface area contributed by atoms with Gasteiger partial charge in [0, 0.05) is 30.7 Å². The van der Waals surface area contributed by atoms with Crippen molar-refractivity contribution in [2.45, 2.75) is 101 Å². The van der Waals surface area contributed by atoms with E-state index >= 15 is 0 Å². The number of benzene rings is 4. The first kappa shape index (κ1) is 43.1. The summed E-state index contributed by atoms with van der Waals surface area (Å²) in [5, 5.41) is 5.75. The lowest BCUT2D eigenvalue weighted by Gasteiger charge is -2.34. The van der Waals surface area contributed by atoms with E-state index in [-0.39, 0.29) is 30.6 Å². The molecule has 2 fully saturated rings. The molecule has 59 heavy (non-hydrogen) atoms. The van der Waals surface area contributed by atoms with E-state index in [9.17, 15) is 32.4 Å². The lowest BCUT2D eigenvalue weighted by molar-refractivity contribution is -0.180. The maximum Gasteiger partial charge on any atom is 0.325 e. The van der Waals surface area contributed by atoms with Gasteiger partial charge in [0.15, 0.2) is 0 Å². The van der Waals surface area contributed by atoms with Crippen molar-refractivity contribution in [1.82, 2.24) is 15.4 Å². The zero-order valence-corrected chi connectivity index (χ0v) is 34.3. The molecule has 310 valence electrons. The molecular formula is C47H53N3O8S. The first-order valence-electron chi connectivity index (χ1n) is 20.6. The minimum atomic E-state index is -4.16. The molecule has 2 amide bonds. The van der Waals surface area contributed by atoms with Crippen LogP contribution in [-0.4, -0.2) is 56.1 Å². The highest BCUT2D eigenvalue weighted by Gasteiger charge is 2.51. The number of ketones is 2. The van der Waals surface area contributed by atoms with Gasteiger partial charge < -0.3 is 15.4 Å². The van der Waals surface area contributed by atoms with Crippen molar-refractivity contribution in [1.29, 1.82) is 0 Å². The third-order valence-electron chi connectivity index (χ3n) is 11.4. The summed E-state index contributed by atoms with van der Waals surface area (Å²) in [7, 11) is -4.16. The molecule has 0 radical (unpaired) electrons. The number of rotatable bonds is 19. The van der Waals surface area contributed by atoms with E-state index < -0.39 is 57.1 Å². The molecule has 0 unspecified atom stereocenters. The molecule has 0 aromatic heterocycles. The van der Waals surface area contributed by atoms with Gasteiger partial charge in [-0.25, -0.2) is 13.1 Å². The number of amides is 2. The van der Waals surface area contributed by atoms with Crippen LogP contribution >= 0.6 is 0 Å². The van der Waals surface area contributed by atoms with Gasteiger partial charge in [-0.3, -0.25) is 24.0 Å². The second kappa shape index (κ2) is 20.0. The van der Waals surface area contributed by atoms with Gasteiger partial charge in [-0.1, -0.05) is 136 Å². The number of sulfonamides is 1. The minimum Gasteiger partial charge on any atom is -0.422 e. The van der Waals surface area contributed by atoms with Gasteiger partial charge in [-0.05, 0) is 72.9 Å². The van der Waals surface area contributed by atoms with Gasteiger partial charge in [-0.2, -0.15) is 0 Å². The lowest BCUT2D eigenvalue weighted by Crippen LogP contribution is -2.65. The van der Waals surface area contributed by atoms with Gasteiger partial charge >= 0.3 is 11.7 Å². The van der Waals surface area contributed by atoms with E-state index in [2.05, 4.69) is 15.4 Å². The molecule has 0 spiro atoms. The molecule has 1 heterocycles. The Labute approximate surface area is 346 Å². The van der Waals surface area contributed by atoms with E-state index in [1.807, 2.05) is 6.92 Å². The van der Waals surface area contributed by atoms with Gasteiger partial charge in [0.2, 0.25) is 23.4 Å². The number of ether oxygens (including phenoxy) is 1. The van der Waals surface area contributed by atoms with Crippen LogP contribution < -0.4 is 15.4 Å². The third-order valence-corrected chi connectivity index (χ3v) is 12.8. The first-order valence-corrected chi connectivity index (χ1v) is 22.1. The maximum atomic E-state index is 14.4. The van der Waals surface area contributed by atoms with Crippen LogP contribution in [0, 0.1) is 11.8 Å². The van der Waals surface area contributed by atoms with Crippen LogP contribution in [0.2, 0.25) is 0 Å². The summed E-state index contributed by atoms with van der Waals surface area (Å²) < 4.78 is 35.1. The second-order valence-corrected chi connectivity index (χ2v) is 17.3. The summed E-state index contributed by atoms with van der Waals surface area (Å²) in [6.45, 7) is 2.39. The van der Waals surface area contributed by atoms with Gasteiger partial charge in [-0.15, -0.1) is 0 Å². The van der Waals surface area contributed by atoms with Crippen LogP contribution in [0.5, 0.6) is 0 Å². The fourth-order valence-corrected chi connectivity index (χ4v) is 9.23. The molecule has 1 saturated heterocycles. The summed E-state index contributed by atoms with van der Waals surface area (Å²) in [6, 6.07) is 30.4. The van der Waals surface area contributed by atoms with Crippen LogP contribution in [0.4, 0.5) is 0 Å².